The Kier molecular flexibility index (Phi) is 4.66. The molecule has 2 aromatic carbocycles. The average Bonchev–Trinajstić information content (AvgIpc) is 2.47. The van der Waals surface area contributed by atoms with Crippen molar-refractivity contribution in [2.75, 3.05) is 6.61 Å². The zero-order valence-corrected chi connectivity index (χ0v) is 11.6. The lowest BCUT2D eigenvalue weighted by atomic mass is 10.2. The van der Waals surface area contributed by atoms with E-state index in [1.54, 1.807) is 36.4 Å². The van der Waals surface area contributed by atoms with Gasteiger partial charge in [-0.25, -0.2) is 4.79 Å². The predicted molar refractivity (Wildman–Crippen MR) is 77.0 cm³/mol. The third-order valence-corrected chi connectivity index (χ3v) is 2.83. The van der Waals surface area contributed by atoms with Crippen molar-refractivity contribution >= 4 is 5.97 Å². The molecule has 0 saturated carbocycles. The molecule has 5 nitrogen and oxygen atoms in total. The van der Waals surface area contributed by atoms with Gasteiger partial charge in [0.2, 0.25) is 0 Å². The number of para-hydroxylation sites is 1. The van der Waals surface area contributed by atoms with E-state index in [0.29, 0.717) is 12.4 Å². The van der Waals surface area contributed by atoms with Crippen molar-refractivity contribution in [3.05, 3.63) is 53.6 Å². The normalized spacial score (nSPS) is 10.1. The Morgan fingerprint density at radius 1 is 1.10 bits per heavy atom. The SMILES string of the molecule is CCOc1cccc(C(=O)O)c1OCc1ccc(O)cc1. The van der Waals surface area contributed by atoms with Gasteiger partial charge in [0.1, 0.15) is 17.9 Å². The molecule has 0 bridgehead atoms. The maximum Gasteiger partial charge on any atom is 0.339 e. The van der Waals surface area contributed by atoms with Gasteiger partial charge >= 0.3 is 5.97 Å². The van der Waals surface area contributed by atoms with Crippen LogP contribution in [-0.2, 0) is 6.61 Å². The van der Waals surface area contributed by atoms with Crippen LogP contribution in [0.5, 0.6) is 17.2 Å². The first-order valence-corrected chi connectivity index (χ1v) is 6.51. The maximum atomic E-state index is 11.3. The molecule has 0 fully saturated rings. The van der Waals surface area contributed by atoms with Gasteiger partial charge in [0.25, 0.3) is 0 Å². The van der Waals surface area contributed by atoms with Crippen molar-refractivity contribution in [3.8, 4) is 17.2 Å². The van der Waals surface area contributed by atoms with Crippen molar-refractivity contribution in [2.45, 2.75) is 13.5 Å². The molecule has 0 heterocycles. The van der Waals surface area contributed by atoms with E-state index < -0.39 is 5.97 Å². The molecule has 0 aromatic heterocycles. The Bertz CT molecular complexity index is 619. The second-order valence-electron chi connectivity index (χ2n) is 4.33. The van der Waals surface area contributed by atoms with Gasteiger partial charge in [0, 0.05) is 0 Å². The average molecular weight is 288 g/mol. The number of ether oxygens (including phenoxy) is 2. The number of carboxylic acids is 1. The van der Waals surface area contributed by atoms with Gasteiger partial charge in [-0.3, -0.25) is 0 Å². The summed E-state index contributed by atoms with van der Waals surface area (Å²) in [4.78, 5) is 11.3. The highest BCUT2D eigenvalue weighted by atomic mass is 16.5. The Morgan fingerprint density at radius 2 is 1.81 bits per heavy atom. The summed E-state index contributed by atoms with van der Waals surface area (Å²) in [6, 6.07) is 11.3. The Morgan fingerprint density at radius 3 is 2.43 bits per heavy atom. The quantitative estimate of drug-likeness (QED) is 0.854. The second-order valence-corrected chi connectivity index (χ2v) is 4.33. The van der Waals surface area contributed by atoms with Crippen LogP contribution in [0.2, 0.25) is 0 Å². The van der Waals surface area contributed by atoms with Crippen molar-refractivity contribution < 1.29 is 24.5 Å². The highest BCUT2D eigenvalue weighted by molar-refractivity contribution is 5.92. The molecule has 0 radical (unpaired) electrons. The largest absolute Gasteiger partial charge is 0.508 e. The minimum Gasteiger partial charge on any atom is -0.508 e. The smallest absolute Gasteiger partial charge is 0.339 e. The van der Waals surface area contributed by atoms with E-state index in [-0.39, 0.29) is 23.7 Å². The van der Waals surface area contributed by atoms with Crippen LogP contribution in [0.3, 0.4) is 0 Å². The summed E-state index contributed by atoms with van der Waals surface area (Å²) in [5.74, 6) is -0.298. The second kappa shape index (κ2) is 6.65. The van der Waals surface area contributed by atoms with E-state index in [1.165, 1.54) is 6.07 Å². The predicted octanol–water partition coefficient (Wildman–Crippen LogP) is 3.07. The van der Waals surface area contributed by atoms with Gasteiger partial charge in [-0.15, -0.1) is 0 Å². The van der Waals surface area contributed by atoms with Crippen molar-refractivity contribution in [3.63, 3.8) is 0 Å². The standard InChI is InChI=1S/C16H16O5/c1-2-20-14-5-3-4-13(16(18)19)15(14)21-10-11-6-8-12(17)9-7-11/h3-9,17H,2,10H2,1H3,(H,18,19). The van der Waals surface area contributed by atoms with Gasteiger partial charge in [-0.1, -0.05) is 18.2 Å². The third kappa shape index (κ3) is 3.66. The van der Waals surface area contributed by atoms with E-state index in [2.05, 4.69) is 0 Å². The van der Waals surface area contributed by atoms with E-state index in [0.717, 1.165) is 5.56 Å². The summed E-state index contributed by atoms with van der Waals surface area (Å²) in [7, 11) is 0. The van der Waals surface area contributed by atoms with Crippen molar-refractivity contribution in [1.29, 1.82) is 0 Å². The number of benzene rings is 2. The topological polar surface area (TPSA) is 76.0 Å². The van der Waals surface area contributed by atoms with Gasteiger partial charge < -0.3 is 19.7 Å². The minimum atomic E-state index is -1.07. The summed E-state index contributed by atoms with van der Waals surface area (Å²) >= 11 is 0. The van der Waals surface area contributed by atoms with Crippen LogP contribution in [0, 0.1) is 0 Å². The third-order valence-electron chi connectivity index (χ3n) is 2.83. The van der Waals surface area contributed by atoms with Crippen molar-refractivity contribution in [2.24, 2.45) is 0 Å². The van der Waals surface area contributed by atoms with Crippen LogP contribution in [0.1, 0.15) is 22.8 Å². The molecule has 2 aromatic rings. The summed E-state index contributed by atoms with van der Waals surface area (Å²) in [6.07, 6.45) is 0. The first-order valence-electron chi connectivity index (χ1n) is 6.51. The molecule has 0 unspecified atom stereocenters. The molecule has 5 heteroatoms. The summed E-state index contributed by atoms with van der Waals surface area (Å²) in [5.41, 5.74) is 0.871. The molecule has 110 valence electrons. The number of rotatable bonds is 6. The Balaban J connectivity index is 2.24. The van der Waals surface area contributed by atoms with Crippen LogP contribution < -0.4 is 9.47 Å². The fraction of sp³-hybridized carbons (Fsp3) is 0.188. The fourth-order valence-electron chi connectivity index (χ4n) is 1.85. The molecule has 0 aliphatic carbocycles. The van der Waals surface area contributed by atoms with Crippen molar-refractivity contribution in [1.82, 2.24) is 0 Å². The lowest BCUT2D eigenvalue weighted by molar-refractivity contribution is 0.0690. The van der Waals surface area contributed by atoms with E-state index in [1.807, 2.05) is 6.92 Å². The molecule has 21 heavy (non-hydrogen) atoms. The van der Waals surface area contributed by atoms with Gasteiger partial charge in [0.15, 0.2) is 11.5 Å². The van der Waals surface area contributed by atoms with E-state index >= 15 is 0 Å². The summed E-state index contributed by atoms with van der Waals surface area (Å²) in [5, 5.41) is 18.5. The highest BCUT2D eigenvalue weighted by Crippen LogP contribution is 2.32. The summed E-state index contributed by atoms with van der Waals surface area (Å²) < 4.78 is 11.0. The molecule has 0 spiro atoms. The summed E-state index contributed by atoms with van der Waals surface area (Å²) in [6.45, 7) is 2.42. The highest BCUT2D eigenvalue weighted by Gasteiger charge is 2.16. The monoisotopic (exact) mass is 288 g/mol. The zero-order chi connectivity index (χ0) is 15.2. The number of phenols is 1. The molecule has 2 N–H and O–H groups in total. The van der Waals surface area contributed by atoms with Crippen LogP contribution in [-0.4, -0.2) is 22.8 Å². The van der Waals surface area contributed by atoms with Gasteiger partial charge in [-0.05, 0) is 36.8 Å². The first kappa shape index (κ1) is 14.7. The number of aromatic carboxylic acids is 1. The van der Waals surface area contributed by atoms with Crippen LogP contribution in [0.15, 0.2) is 42.5 Å². The molecule has 0 saturated heterocycles. The minimum absolute atomic E-state index is 0.0553. The number of carbonyl (C=O) groups is 1. The molecule has 0 atom stereocenters. The molecular weight excluding hydrogens is 272 g/mol. The number of carboxylic acid groups (broad SMARTS) is 1. The van der Waals surface area contributed by atoms with E-state index in [9.17, 15) is 15.0 Å². The molecule has 2 rings (SSSR count). The Hall–Kier alpha value is -2.69. The van der Waals surface area contributed by atoms with Crippen LogP contribution in [0.4, 0.5) is 0 Å². The first-order chi connectivity index (χ1) is 10.1. The maximum absolute atomic E-state index is 11.3. The Labute approximate surface area is 122 Å². The lowest BCUT2D eigenvalue weighted by Crippen LogP contribution is -2.06. The number of aromatic hydroxyl groups is 1. The fourth-order valence-corrected chi connectivity index (χ4v) is 1.85. The van der Waals surface area contributed by atoms with Crippen LogP contribution in [0.25, 0.3) is 0 Å². The number of hydrogen-bond donors (Lipinski definition) is 2. The van der Waals surface area contributed by atoms with Gasteiger partial charge in [-0.2, -0.15) is 0 Å². The number of phenolic OH excluding ortho intramolecular Hbond substituents is 1. The molecule has 0 aliphatic heterocycles. The van der Waals surface area contributed by atoms with Gasteiger partial charge in [0.05, 0.1) is 6.61 Å². The zero-order valence-electron chi connectivity index (χ0n) is 11.6. The number of hydrogen-bond acceptors (Lipinski definition) is 4. The molecule has 0 aliphatic rings. The molecular formula is C16H16O5. The molecule has 0 amide bonds. The van der Waals surface area contributed by atoms with E-state index in [4.69, 9.17) is 9.47 Å². The lowest BCUT2D eigenvalue weighted by Gasteiger charge is -2.14. The van der Waals surface area contributed by atoms with Crippen LogP contribution >= 0.6 is 0 Å².